The van der Waals surface area contributed by atoms with E-state index in [1.807, 2.05) is 6.07 Å². The van der Waals surface area contributed by atoms with Gasteiger partial charge in [-0.15, -0.1) is 10.2 Å². The van der Waals surface area contributed by atoms with Crippen LogP contribution in [-0.2, 0) is 11.2 Å². The predicted molar refractivity (Wildman–Crippen MR) is 58.3 cm³/mol. The summed E-state index contributed by atoms with van der Waals surface area (Å²) < 4.78 is 41.7. The fraction of sp³-hybridized carbons (Fsp3) is 0.364. The lowest BCUT2D eigenvalue weighted by molar-refractivity contribution is -0.173. The molecule has 0 aliphatic carbocycles. The van der Waals surface area contributed by atoms with E-state index in [1.54, 1.807) is 22.7 Å². The number of halogens is 3. The molecular formula is C11H9F3N4O. The molecule has 0 aliphatic rings. The van der Waals surface area contributed by atoms with Crippen molar-refractivity contribution in [3.05, 3.63) is 29.7 Å². The first-order valence-corrected chi connectivity index (χ1v) is 5.38. The van der Waals surface area contributed by atoms with Crippen LogP contribution in [0.25, 0.3) is 5.65 Å². The minimum Gasteiger partial charge on any atom is -0.372 e. The van der Waals surface area contributed by atoms with Gasteiger partial charge in [0.05, 0.1) is 18.2 Å². The van der Waals surface area contributed by atoms with Crippen molar-refractivity contribution in [2.45, 2.75) is 12.6 Å². The highest BCUT2D eigenvalue weighted by Gasteiger charge is 2.27. The molecular weight excluding hydrogens is 261 g/mol. The van der Waals surface area contributed by atoms with Gasteiger partial charge in [0.1, 0.15) is 12.4 Å². The Morgan fingerprint density at radius 1 is 1.37 bits per heavy atom. The van der Waals surface area contributed by atoms with E-state index in [1.165, 1.54) is 0 Å². The van der Waals surface area contributed by atoms with Crippen molar-refractivity contribution < 1.29 is 17.9 Å². The number of nitrogens with zero attached hydrogens (tertiary/aromatic N) is 4. The van der Waals surface area contributed by atoms with Crippen LogP contribution in [-0.4, -0.2) is 34.0 Å². The Kier molecular flexibility index (Phi) is 3.66. The molecule has 8 heteroatoms. The Bertz CT molecular complexity index is 614. The van der Waals surface area contributed by atoms with Crippen molar-refractivity contribution in [2.75, 3.05) is 13.2 Å². The van der Waals surface area contributed by atoms with Gasteiger partial charge in [-0.1, -0.05) is 0 Å². The van der Waals surface area contributed by atoms with E-state index in [-0.39, 0.29) is 13.0 Å². The molecule has 0 atom stereocenters. The standard InChI is InChI=1S/C11H9F3N4O/c12-11(13,14)7-19-4-2-9-16-17-10-5-8(6-15)1-3-18(9)10/h1,3,5H,2,4,7H2. The van der Waals surface area contributed by atoms with Crippen LogP contribution in [0.3, 0.4) is 0 Å². The van der Waals surface area contributed by atoms with Crippen LogP contribution in [0.2, 0.25) is 0 Å². The summed E-state index contributed by atoms with van der Waals surface area (Å²) in [6.07, 6.45) is -2.51. The van der Waals surface area contributed by atoms with E-state index in [0.717, 1.165) is 0 Å². The first kappa shape index (κ1) is 13.3. The second-order valence-corrected chi connectivity index (χ2v) is 3.79. The van der Waals surface area contributed by atoms with Crippen molar-refractivity contribution in [1.29, 1.82) is 5.26 Å². The zero-order valence-corrected chi connectivity index (χ0v) is 9.68. The van der Waals surface area contributed by atoms with Crippen LogP contribution in [0.5, 0.6) is 0 Å². The van der Waals surface area contributed by atoms with Crippen LogP contribution < -0.4 is 0 Å². The molecule has 0 N–H and O–H groups in total. The number of ether oxygens (including phenoxy) is 1. The van der Waals surface area contributed by atoms with Crippen LogP contribution in [0.1, 0.15) is 11.4 Å². The summed E-state index contributed by atoms with van der Waals surface area (Å²) in [6, 6.07) is 5.09. The van der Waals surface area contributed by atoms with Crippen molar-refractivity contribution in [3.63, 3.8) is 0 Å². The van der Waals surface area contributed by atoms with Gasteiger partial charge in [0.15, 0.2) is 5.65 Å². The molecule has 2 aromatic rings. The number of alkyl halides is 3. The number of nitriles is 1. The minimum absolute atomic E-state index is 0.0969. The molecule has 0 radical (unpaired) electrons. The lowest BCUT2D eigenvalue weighted by Gasteiger charge is -2.06. The van der Waals surface area contributed by atoms with E-state index >= 15 is 0 Å². The predicted octanol–water partition coefficient (Wildman–Crippen LogP) is 1.72. The summed E-state index contributed by atoms with van der Waals surface area (Å²) in [5.41, 5.74) is 0.921. The second-order valence-electron chi connectivity index (χ2n) is 3.79. The minimum atomic E-state index is -4.32. The van der Waals surface area contributed by atoms with Gasteiger partial charge in [0.2, 0.25) is 0 Å². The quantitative estimate of drug-likeness (QED) is 0.793. The number of pyridine rings is 1. The van der Waals surface area contributed by atoms with E-state index < -0.39 is 12.8 Å². The first-order chi connectivity index (χ1) is 8.99. The van der Waals surface area contributed by atoms with E-state index in [9.17, 15) is 13.2 Å². The van der Waals surface area contributed by atoms with Crippen LogP contribution in [0.4, 0.5) is 13.2 Å². The molecule has 0 aromatic carbocycles. The fourth-order valence-corrected chi connectivity index (χ4v) is 1.53. The van der Waals surface area contributed by atoms with Crippen molar-refractivity contribution in [3.8, 4) is 6.07 Å². The van der Waals surface area contributed by atoms with Gasteiger partial charge in [0, 0.05) is 18.7 Å². The van der Waals surface area contributed by atoms with Crippen LogP contribution >= 0.6 is 0 Å². The normalized spacial score (nSPS) is 11.7. The van der Waals surface area contributed by atoms with Gasteiger partial charge < -0.3 is 4.74 Å². The number of hydrogen-bond acceptors (Lipinski definition) is 4. The first-order valence-electron chi connectivity index (χ1n) is 5.38. The molecule has 2 heterocycles. The van der Waals surface area contributed by atoms with Gasteiger partial charge in [0.25, 0.3) is 0 Å². The Morgan fingerprint density at radius 2 is 2.16 bits per heavy atom. The maximum Gasteiger partial charge on any atom is 0.411 e. The Morgan fingerprint density at radius 3 is 2.84 bits per heavy atom. The number of hydrogen-bond donors (Lipinski definition) is 0. The fourth-order valence-electron chi connectivity index (χ4n) is 1.53. The molecule has 2 aromatic heterocycles. The van der Waals surface area contributed by atoms with E-state index in [2.05, 4.69) is 14.9 Å². The van der Waals surface area contributed by atoms with Crippen molar-refractivity contribution in [1.82, 2.24) is 14.6 Å². The Labute approximate surface area is 106 Å². The number of fused-ring (bicyclic) bond motifs is 1. The number of rotatable bonds is 4. The molecule has 100 valence electrons. The molecule has 19 heavy (non-hydrogen) atoms. The second kappa shape index (κ2) is 5.24. The van der Waals surface area contributed by atoms with Crippen LogP contribution in [0, 0.1) is 11.3 Å². The molecule has 0 saturated heterocycles. The average molecular weight is 270 g/mol. The summed E-state index contributed by atoms with van der Waals surface area (Å²) >= 11 is 0. The smallest absolute Gasteiger partial charge is 0.372 e. The average Bonchev–Trinajstić information content (AvgIpc) is 2.75. The monoisotopic (exact) mass is 270 g/mol. The van der Waals surface area contributed by atoms with Gasteiger partial charge in [-0.05, 0) is 6.07 Å². The van der Waals surface area contributed by atoms with E-state index in [0.29, 0.717) is 17.0 Å². The molecule has 0 amide bonds. The SMILES string of the molecule is N#Cc1ccn2c(CCOCC(F)(F)F)nnc2c1. The zero-order chi connectivity index (χ0) is 13.9. The molecule has 0 aliphatic heterocycles. The summed E-state index contributed by atoms with van der Waals surface area (Å²) in [7, 11) is 0. The topological polar surface area (TPSA) is 63.2 Å². The molecule has 0 saturated carbocycles. The maximum atomic E-state index is 11.9. The summed E-state index contributed by atoms with van der Waals surface area (Å²) in [5.74, 6) is 0.488. The highest BCUT2D eigenvalue weighted by molar-refractivity contribution is 5.45. The van der Waals surface area contributed by atoms with Crippen molar-refractivity contribution >= 4 is 5.65 Å². The zero-order valence-electron chi connectivity index (χ0n) is 9.68. The summed E-state index contributed by atoms with van der Waals surface area (Å²) in [5, 5.41) is 16.4. The largest absolute Gasteiger partial charge is 0.411 e. The molecule has 2 rings (SSSR count). The lowest BCUT2D eigenvalue weighted by atomic mass is 10.3. The third kappa shape index (κ3) is 3.42. The van der Waals surface area contributed by atoms with Gasteiger partial charge in [-0.25, -0.2) is 0 Å². The third-order valence-electron chi connectivity index (χ3n) is 2.35. The number of aromatic nitrogens is 3. The van der Waals surface area contributed by atoms with Gasteiger partial charge >= 0.3 is 6.18 Å². The maximum absolute atomic E-state index is 11.9. The molecule has 0 bridgehead atoms. The third-order valence-corrected chi connectivity index (χ3v) is 2.35. The summed E-state index contributed by atoms with van der Waals surface area (Å²) in [6.45, 7) is -1.37. The molecule has 0 fully saturated rings. The lowest BCUT2D eigenvalue weighted by Crippen LogP contribution is -2.18. The van der Waals surface area contributed by atoms with Crippen molar-refractivity contribution in [2.24, 2.45) is 0 Å². The molecule has 0 spiro atoms. The van der Waals surface area contributed by atoms with Crippen LogP contribution in [0.15, 0.2) is 18.3 Å². The van der Waals surface area contributed by atoms with Gasteiger partial charge in [-0.2, -0.15) is 18.4 Å². The highest BCUT2D eigenvalue weighted by Crippen LogP contribution is 2.14. The summed E-state index contributed by atoms with van der Waals surface area (Å²) in [4.78, 5) is 0. The molecule has 5 nitrogen and oxygen atoms in total. The molecule has 0 unspecified atom stereocenters. The van der Waals surface area contributed by atoms with E-state index in [4.69, 9.17) is 5.26 Å². The Hall–Kier alpha value is -2.14. The highest BCUT2D eigenvalue weighted by atomic mass is 19.4. The Balaban J connectivity index is 2.00. The van der Waals surface area contributed by atoms with Gasteiger partial charge in [-0.3, -0.25) is 4.40 Å².